The van der Waals surface area contributed by atoms with E-state index in [4.69, 9.17) is 11.6 Å². The molecule has 0 aliphatic carbocycles. The average Bonchev–Trinajstić information content (AvgIpc) is 2.71. The number of anilines is 1. The first-order valence-electron chi connectivity index (χ1n) is 8.86. The third-order valence-electron chi connectivity index (χ3n) is 4.99. The highest BCUT2D eigenvalue weighted by Gasteiger charge is 2.23. The zero-order chi connectivity index (χ0) is 18.8. The summed E-state index contributed by atoms with van der Waals surface area (Å²) in [5, 5.41) is 13.0. The number of nitro benzene ring substituents is 1. The van der Waals surface area contributed by atoms with Gasteiger partial charge in [-0.05, 0) is 29.8 Å². The quantitative estimate of drug-likeness (QED) is 0.501. The van der Waals surface area contributed by atoms with Crippen LogP contribution in [0.4, 0.5) is 11.4 Å². The molecule has 0 amide bonds. The SMILES string of the molecule is O=[N+]([O-])c1ccccc1N1CCN(Cc2ccc(Cl)c3cccnc23)CC1. The number of piperazine rings is 1. The fraction of sp³-hybridized carbons (Fsp3) is 0.250. The molecule has 2 aromatic carbocycles. The van der Waals surface area contributed by atoms with Crippen molar-refractivity contribution >= 4 is 33.9 Å². The lowest BCUT2D eigenvalue weighted by Crippen LogP contribution is -2.46. The van der Waals surface area contributed by atoms with Gasteiger partial charge >= 0.3 is 0 Å². The van der Waals surface area contributed by atoms with Crippen molar-refractivity contribution in [2.75, 3.05) is 31.1 Å². The van der Waals surface area contributed by atoms with Crippen molar-refractivity contribution in [3.8, 4) is 0 Å². The number of benzene rings is 2. The number of nitro groups is 1. The summed E-state index contributed by atoms with van der Waals surface area (Å²) in [4.78, 5) is 19.9. The van der Waals surface area contributed by atoms with Crippen molar-refractivity contribution in [3.63, 3.8) is 0 Å². The zero-order valence-corrected chi connectivity index (χ0v) is 15.5. The van der Waals surface area contributed by atoms with Crippen molar-refractivity contribution in [2.24, 2.45) is 0 Å². The van der Waals surface area contributed by atoms with Gasteiger partial charge in [0.2, 0.25) is 0 Å². The minimum Gasteiger partial charge on any atom is -0.363 e. The van der Waals surface area contributed by atoms with Gasteiger partial charge in [0.1, 0.15) is 5.69 Å². The molecule has 0 N–H and O–H groups in total. The van der Waals surface area contributed by atoms with E-state index in [1.165, 1.54) is 0 Å². The summed E-state index contributed by atoms with van der Waals surface area (Å²) in [6, 6.07) is 14.8. The van der Waals surface area contributed by atoms with Gasteiger partial charge in [0.15, 0.2) is 0 Å². The topological polar surface area (TPSA) is 62.5 Å². The van der Waals surface area contributed by atoms with E-state index in [1.54, 1.807) is 18.3 Å². The van der Waals surface area contributed by atoms with E-state index in [0.717, 1.165) is 49.2 Å². The van der Waals surface area contributed by atoms with Crippen molar-refractivity contribution in [3.05, 3.63) is 75.4 Å². The second kappa shape index (κ2) is 7.50. The van der Waals surface area contributed by atoms with Gasteiger partial charge in [0.25, 0.3) is 5.69 Å². The van der Waals surface area contributed by atoms with Crippen molar-refractivity contribution in [2.45, 2.75) is 6.54 Å². The average molecular weight is 383 g/mol. The Morgan fingerprint density at radius 2 is 1.81 bits per heavy atom. The number of hydrogen-bond acceptors (Lipinski definition) is 5. The molecule has 0 saturated carbocycles. The molecular weight excluding hydrogens is 364 g/mol. The lowest BCUT2D eigenvalue weighted by molar-refractivity contribution is -0.384. The molecule has 1 aliphatic rings. The Balaban J connectivity index is 1.48. The lowest BCUT2D eigenvalue weighted by atomic mass is 10.1. The monoisotopic (exact) mass is 382 g/mol. The van der Waals surface area contributed by atoms with Crippen LogP contribution in [0.2, 0.25) is 5.02 Å². The molecule has 0 radical (unpaired) electrons. The number of halogens is 1. The molecule has 2 heterocycles. The van der Waals surface area contributed by atoms with Crippen molar-refractivity contribution < 1.29 is 4.92 Å². The van der Waals surface area contributed by atoms with E-state index >= 15 is 0 Å². The first-order valence-corrected chi connectivity index (χ1v) is 9.24. The van der Waals surface area contributed by atoms with Gasteiger partial charge in [0, 0.05) is 55.4 Å². The molecule has 0 spiro atoms. The number of rotatable bonds is 4. The van der Waals surface area contributed by atoms with Crippen LogP contribution in [-0.2, 0) is 6.54 Å². The number of pyridine rings is 1. The summed E-state index contributed by atoms with van der Waals surface area (Å²) in [6.45, 7) is 3.97. The third-order valence-corrected chi connectivity index (χ3v) is 5.31. The van der Waals surface area contributed by atoms with E-state index in [0.29, 0.717) is 10.7 Å². The van der Waals surface area contributed by atoms with E-state index < -0.39 is 0 Å². The summed E-state index contributed by atoms with van der Waals surface area (Å²) in [5.41, 5.74) is 2.94. The Morgan fingerprint density at radius 3 is 2.59 bits per heavy atom. The second-order valence-electron chi connectivity index (χ2n) is 6.62. The smallest absolute Gasteiger partial charge is 0.292 e. The summed E-state index contributed by atoms with van der Waals surface area (Å²) in [7, 11) is 0. The number of aromatic nitrogens is 1. The van der Waals surface area contributed by atoms with E-state index in [1.807, 2.05) is 36.4 Å². The highest BCUT2D eigenvalue weighted by molar-refractivity contribution is 6.35. The molecule has 138 valence electrons. The second-order valence-corrected chi connectivity index (χ2v) is 7.02. The van der Waals surface area contributed by atoms with Gasteiger partial charge in [-0.25, -0.2) is 0 Å². The van der Waals surface area contributed by atoms with Crippen LogP contribution >= 0.6 is 11.6 Å². The van der Waals surface area contributed by atoms with Gasteiger partial charge in [-0.2, -0.15) is 0 Å². The molecule has 4 rings (SSSR count). The molecule has 0 unspecified atom stereocenters. The van der Waals surface area contributed by atoms with Gasteiger partial charge in [-0.1, -0.05) is 29.8 Å². The largest absolute Gasteiger partial charge is 0.363 e. The Hall–Kier alpha value is -2.70. The Kier molecular flexibility index (Phi) is 4.92. The fourth-order valence-corrected chi connectivity index (χ4v) is 3.81. The van der Waals surface area contributed by atoms with E-state index in [2.05, 4.69) is 14.8 Å². The van der Waals surface area contributed by atoms with Crippen LogP contribution in [0.3, 0.4) is 0 Å². The molecule has 3 aromatic rings. The maximum Gasteiger partial charge on any atom is 0.292 e. The lowest BCUT2D eigenvalue weighted by Gasteiger charge is -2.35. The standard InChI is InChI=1S/C20H19ClN4O2/c21-17-8-7-15(20-16(17)4-3-9-22-20)14-23-10-12-24(13-11-23)18-5-1-2-6-19(18)25(26)27/h1-9H,10-14H2. The van der Waals surface area contributed by atoms with Crippen LogP contribution in [0.25, 0.3) is 10.9 Å². The predicted octanol–water partition coefficient (Wildman–Crippen LogP) is 4.12. The summed E-state index contributed by atoms with van der Waals surface area (Å²) < 4.78 is 0. The van der Waals surface area contributed by atoms with Crippen LogP contribution < -0.4 is 4.90 Å². The maximum atomic E-state index is 11.3. The molecule has 27 heavy (non-hydrogen) atoms. The summed E-state index contributed by atoms with van der Waals surface area (Å²) >= 11 is 6.28. The van der Waals surface area contributed by atoms with Crippen LogP contribution in [-0.4, -0.2) is 41.0 Å². The maximum absolute atomic E-state index is 11.3. The molecule has 1 aromatic heterocycles. The minimum atomic E-state index is -0.312. The molecular formula is C20H19ClN4O2. The highest BCUT2D eigenvalue weighted by atomic mass is 35.5. The van der Waals surface area contributed by atoms with Crippen LogP contribution in [0.5, 0.6) is 0 Å². The van der Waals surface area contributed by atoms with Gasteiger partial charge in [0.05, 0.1) is 10.4 Å². The van der Waals surface area contributed by atoms with E-state index in [-0.39, 0.29) is 10.6 Å². The van der Waals surface area contributed by atoms with Gasteiger partial charge in [-0.3, -0.25) is 20.0 Å². The summed E-state index contributed by atoms with van der Waals surface area (Å²) in [5.74, 6) is 0. The minimum absolute atomic E-state index is 0.166. The highest BCUT2D eigenvalue weighted by Crippen LogP contribution is 2.29. The molecule has 6 nitrogen and oxygen atoms in total. The Labute approximate surface area is 162 Å². The van der Waals surface area contributed by atoms with Gasteiger partial charge < -0.3 is 4.90 Å². The number of hydrogen-bond donors (Lipinski definition) is 0. The Bertz CT molecular complexity index is 987. The number of para-hydroxylation sites is 2. The first-order chi connectivity index (χ1) is 13.1. The molecule has 1 aliphatic heterocycles. The van der Waals surface area contributed by atoms with Crippen LogP contribution in [0.15, 0.2) is 54.7 Å². The van der Waals surface area contributed by atoms with Crippen molar-refractivity contribution in [1.29, 1.82) is 0 Å². The third kappa shape index (κ3) is 3.59. The molecule has 1 saturated heterocycles. The molecule has 0 atom stereocenters. The number of fused-ring (bicyclic) bond motifs is 1. The first kappa shape index (κ1) is 17.7. The molecule has 1 fully saturated rings. The normalized spacial score (nSPS) is 15.2. The van der Waals surface area contributed by atoms with Crippen LogP contribution in [0, 0.1) is 10.1 Å². The Morgan fingerprint density at radius 1 is 1.04 bits per heavy atom. The summed E-state index contributed by atoms with van der Waals surface area (Å²) in [6.07, 6.45) is 1.79. The number of nitrogens with zero attached hydrogens (tertiary/aromatic N) is 4. The molecule has 7 heteroatoms. The predicted molar refractivity (Wildman–Crippen MR) is 107 cm³/mol. The van der Waals surface area contributed by atoms with Crippen LogP contribution in [0.1, 0.15) is 5.56 Å². The molecule has 0 bridgehead atoms. The van der Waals surface area contributed by atoms with E-state index in [9.17, 15) is 10.1 Å². The fourth-order valence-electron chi connectivity index (χ4n) is 3.60. The van der Waals surface area contributed by atoms with Crippen molar-refractivity contribution in [1.82, 2.24) is 9.88 Å². The van der Waals surface area contributed by atoms with Gasteiger partial charge in [-0.15, -0.1) is 0 Å². The zero-order valence-electron chi connectivity index (χ0n) is 14.7.